The second kappa shape index (κ2) is 14.3. The maximum absolute atomic E-state index is 14.7. The van der Waals surface area contributed by atoms with E-state index in [0.717, 1.165) is 10.2 Å². The standard InChI is InChI=1S/C31H31FN2O9S/c1-38-9-10-41-19-43-31-25(24-16-23(32)6-8-29(24)42-18-39-2)12-21(14-30(35)40-3)13-26(31)28-15-22-11-20(17-33)5-7-27(22)34(28)44(4,36)37/h5-8,11-13,15-16H,9-10,14,18-19H2,1-4H3. The smallest absolute Gasteiger partial charge is 0.309 e. The predicted molar refractivity (Wildman–Crippen MR) is 159 cm³/mol. The van der Waals surface area contributed by atoms with Crippen LogP contribution in [0.2, 0.25) is 0 Å². The largest absolute Gasteiger partial charge is 0.469 e. The first kappa shape index (κ1) is 32.4. The minimum absolute atomic E-state index is 0.122. The molecule has 13 heteroatoms. The minimum Gasteiger partial charge on any atom is -0.469 e. The zero-order chi connectivity index (χ0) is 31.9. The van der Waals surface area contributed by atoms with Gasteiger partial charge in [-0.25, -0.2) is 16.8 Å². The van der Waals surface area contributed by atoms with Crippen LogP contribution in [0.15, 0.2) is 54.6 Å². The highest BCUT2D eigenvalue weighted by atomic mass is 32.2. The Bertz CT molecular complexity index is 1810. The number of esters is 1. The number of halogens is 1. The van der Waals surface area contributed by atoms with E-state index >= 15 is 0 Å². The number of nitrogens with zero attached hydrogens (tertiary/aromatic N) is 2. The van der Waals surface area contributed by atoms with Crippen molar-refractivity contribution in [2.75, 3.05) is 54.4 Å². The van der Waals surface area contributed by atoms with Gasteiger partial charge < -0.3 is 28.4 Å². The fourth-order valence-corrected chi connectivity index (χ4v) is 5.67. The second-order valence-electron chi connectivity index (χ2n) is 9.57. The number of hydrogen-bond acceptors (Lipinski definition) is 10. The summed E-state index contributed by atoms with van der Waals surface area (Å²) in [5.74, 6) is -0.781. The number of carbonyl (C=O) groups is 1. The molecule has 0 amide bonds. The lowest BCUT2D eigenvalue weighted by Gasteiger charge is -2.21. The third-order valence-corrected chi connectivity index (χ3v) is 7.56. The molecule has 0 atom stereocenters. The summed E-state index contributed by atoms with van der Waals surface area (Å²) in [6.45, 7) is 0.0715. The average molecular weight is 627 g/mol. The summed E-state index contributed by atoms with van der Waals surface area (Å²) < 4.78 is 74.8. The van der Waals surface area contributed by atoms with Crippen LogP contribution in [-0.2, 0) is 40.2 Å². The molecule has 11 nitrogen and oxygen atoms in total. The number of rotatable bonds is 14. The topological polar surface area (TPSA) is 135 Å². The number of aromatic nitrogens is 1. The van der Waals surface area contributed by atoms with Gasteiger partial charge in [-0.1, -0.05) is 0 Å². The van der Waals surface area contributed by atoms with E-state index in [9.17, 15) is 22.9 Å². The summed E-state index contributed by atoms with van der Waals surface area (Å²) in [5, 5.41) is 9.93. The lowest BCUT2D eigenvalue weighted by molar-refractivity contribution is -0.139. The van der Waals surface area contributed by atoms with Gasteiger partial charge in [0.25, 0.3) is 0 Å². The molecule has 0 saturated carbocycles. The van der Waals surface area contributed by atoms with E-state index in [4.69, 9.17) is 28.4 Å². The fourth-order valence-electron chi connectivity index (χ4n) is 4.64. The molecule has 4 aromatic rings. The Balaban J connectivity index is 2.09. The lowest BCUT2D eigenvalue weighted by Crippen LogP contribution is -2.13. The molecule has 0 radical (unpaired) electrons. The summed E-state index contributed by atoms with van der Waals surface area (Å²) >= 11 is 0. The Morgan fingerprint density at radius 2 is 1.68 bits per heavy atom. The molecule has 4 rings (SSSR count). The molecule has 0 N–H and O–H groups in total. The van der Waals surface area contributed by atoms with E-state index < -0.39 is 21.8 Å². The third kappa shape index (κ3) is 7.35. The lowest BCUT2D eigenvalue weighted by atomic mass is 9.94. The minimum atomic E-state index is -3.94. The first-order valence-corrected chi connectivity index (χ1v) is 15.1. The molecule has 1 heterocycles. The van der Waals surface area contributed by atoms with Crippen LogP contribution in [0, 0.1) is 17.1 Å². The highest BCUT2D eigenvalue weighted by Gasteiger charge is 2.26. The fraction of sp³-hybridized carbons (Fsp3) is 0.290. The number of nitriles is 1. The quantitative estimate of drug-likeness (QED) is 0.112. The van der Waals surface area contributed by atoms with Crippen molar-refractivity contribution in [2.45, 2.75) is 6.42 Å². The number of methoxy groups -OCH3 is 3. The molecule has 1 aromatic heterocycles. The van der Waals surface area contributed by atoms with Gasteiger partial charge in [-0.3, -0.25) is 4.79 Å². The van der Waals surface area contributed by atoms with Crippen LogP contribution in [0.3, 0.4) is 0 Å². The molecule has 232 valence electrons. The molecular weight excluding hydrogens is 595 g/mol. The van der Waals surface area contributed by atoms with Crippen molar-refractivity contribution in [2.24, 2.45) is 0 Å². The maximum Gasteiger partial charge on any atom is 0.309 e. The molecule has 0 fully saturated rings. The number of ether oxygens (including phenoxy) is 6. The Morgan fingerprint density at radius 1 is 0.909 bits per heavy atom. The first-order valence-electron chi connectivity index (χ1n) is 13.2. The number of hydrogen-bond donors (Lipinski definition) is 0. The molecule has 0 bridgehead atoms. The Hall–Kier alpha value is -4.48. The Morgan fingerprint density at radius 3 is 2.36 bits per heavy atom. The van der Waals surface area contributed by atoms with E-state index in [-0.39, 0.29) is 60.5 Å². The van der Waals surface area contributed by atoms with Gasteiger partial charge in [0.1, 0.15) is 17.3 Å². The highest BCUT2D eigenvalue weighted by molar-refractivity contribution is 7.89. The monoisotopic (exact) mass is 626 g/mol. The third-order valence-electron chi connectivity index (χ3n) is 6.50. The van der Waals surface area contributed by atoms with E-state index in [0.29, 0.717) is 28.6 Å². The van der Waals surface area contributed by atoms with Gasteiger partial charge in [-0.05, 0) is 60.2 Å². The predicted octanol–water partition coefficient (Wildman–Crippen LogP) is 4.49. The highest BCUT2D eigenvalue weighted by Crippen LogP contribution is 2.45. The van der Waals surface area contributed by atoms with Crippen LogP contribution >= 0.6 is 0 Å². The van der Waals surface area contributed by atoms with Crippen molar-refractivity contribution in [3.63, 3.8) is 0 Å². The van der Waals surface area contributed by atoms with Crippen LogP contribution in [-0.4, -0.2) is 72.7 Å². The summed E-state index contributed by atoms with van der Waals surface area (Å²) in [6, 6.07) is 15.4. The van der Waals surface area contributed by atoms with Crippen LogP contribution in [0.4, 0.5) is 4.39 Å². The van der Waals surface area contributed by atoms with Gasteiger partial charge in [0, 0.05) is 36.3 Å². The van der Waals surface area contributed by atoms with Crippen molar-refractivity contribution >= 4 is 26.9 Å². The Kier molecular flexibility index (Phi) is 10.6. The number of fused-ring (bicyclic) bond motifs is 1. The molecular formula is C31H31FN2O9S. The zero-order valence-corrected chi connectivity index (χ0v) is 25.4. The van der Waals surface area contributed by atoms with Crippen LogP contribution < -0.4 is 9.47 Å². The molecule has 0 unspecified atom stereocenters. The van der Waals surface area contributed by atoms with Gasteiger partial charge in [-0.15, -0.1) is 0 Å². The SMILES string of the molecule is COCCOCOc1c(-c2cc(F)ccc2OCOC)cc(CC(=O)OC)cc1-c1cc2cc(C#N)ccc2n1S(C)(=O)=O. The number of benzene rings is 3. The molecule has 0 aliphatic heterocycles. The van der Waals surface area contributed by atoms with Crippen molar-refractivity contribution in [1.29, 1.82) is 5.26 Å². The maximum atomic E-state index is 14.7. The van der Waals surface area contributed by atoms with Crippen molar-refractivity contribution in [3.8, 4) is 40.0 Å². The zero-order valence-electron chi connectivity index (χ0n) is 24.6. The normalized spacial score (nSPS) is 11.4. The summed E-state index contributed by atoms with van der Waals surface area (Å²) in [6.07, 6.45) is 0.855. The van der Waals surface area contributed by atoms with Crippen molar-refractivity contribution < 1.29 is 46.0 Å². The van der Waals surface area contributed by atoms with Crippen molar-refractivity contribution in [3.05, 3.63) is 71.5 Å². The van der Waals surface area contributed by atoms with E-state index in [1.807, 2.05) is 0 Å². The molecule has 0 aliphatic rings. The first-order chi connectivity index (χ1) is 21.1. The van der Waals surface area contributed by atoms with Gasteiger partial charge >= 0.3 is 5.97 Å². The van der Waals surface area contributed by atoms with E-state index in [1.54, 1.807) is 24.3 Å². The van der Waals surface area contributed by atoms with Gasteiger partial charge in [-0.2, -0.15) is 5.26 Å². The average Bonchev–Trinajstić information content (AvgIpc) is 3.40. The number of carbonyl (C=O) groups excluding carboxylic acids is 1. The summed E-state index contributed by atoms with van der Waals surface area (Å²) in [4.78, 5) is 12.4. The van der Waals surface area contributed by atoms with Crippen LogP contribution in [0.25, 0.3) is 33.3 Å². The summed E-state index contributed by atoms with van der Waals surface area (Å²) in [5.41, 5.74) is 2.02. The van der Waals surface area contributed by atoms with E-state index in [2.05, 4.69) is 6.07 Å². The summed E-state index contributed by atoms with van der Waals surface area (Å²) in [7, 11) is 0.263. The van der Waals surface area contributed by atoms with E-state index in [1.165, 1.54) is 51.7 Å². The molecule has 3 aromatic carbocycles. The molecule has 0 spiro atoms. The second-order valence-corrected chi connectivity index (χ2v) is 11.4. The van der Waals surface area contributed by atoms with Crippen molar-refractivity contribution in [1.82, 2.24) is 3.97 Å². The van der Waals surface area contributed by atoms with Crippen LogP contribution in [0.1, 0.15) is 11.1 Å². The molecule has 0 saturated heterocycles. The molecule has 0 aliphatic carbocycles. The Labute approximate surface area is 254 Å². The van der Waals surface area contributed by atoms with Crippen LogP contribution in [0.5, 0.6) is 11.5 Å². The van der Waals surface area contributed by atoms with Gasteiger partial charge in [0.05, 0.1) is 55.8 Å². The van der Waals surface area contributed by atoms with Gasteiger partial charge in [0.2, 0.25) is 10.0 Å². The van der Waals surface area contributed by atoms with Gasteiger partial charge in [0.15, 0.2) is 13.6 Å². The molecule has 44 heavy (non-hydrogen) atoms.